The van der Waals surface area contributed by atoms with Crippen molar-refractivity contribution in [1.29, 1.82) is 0 Å². The van der Waals surface area contributed by atoms with Gasteiger partial charge in [0.05, 0.1) is 12.4 Å². The number of rotatable bonds is 7. The molecule has 1 aromatic carbocycles. The molecule has 18 heavy (non-hydrogen) atoms. The molecule has 0 heterocycles. The van der Waals surface area contributed by atoms with Crippen molar-refractivity contribution in [2.24, 2.45) is 5.73 Å². The van der Waals surface area contributed by atoms with Crippen LogP contribution in [0.1, 0.15) is 18.9 Å². The molecule has 0 spiro atoms. The number of hydrogen-bond donors (Lipinski definition) is 1. The molecule has 6 heteroatoms. The van der Waals surface area contributed by atoms with Crippen molar-refractivity contribution in [3.8, 4) is 5.75 Å². The maximum Gasteiger partial charge on any atom is 0.165 e. The highest BCUT2D eigenvalue weighted by Crippen LogP contribution is 2.22. The lowest BCUT2D eigenvalue weighted by atomic mass is 10.2. The standard InChI is InChI=1S/C12H18FNO3S/c1-2-18(15,16)8-4-7-17-12-10(9-14)5-3-6-11(12)13/h3,5-6H,2,4,7-9,14H2,1H3. The van der Waals surface area contributed by atoms with Crippen LogP contribution in [-0.4, -0.2) is 26.5 Å². The summed E-state index contributed by atoms with van der Waals surface area (Å²) in [6, 6.07) is 4.53. The van der Waals surface area contributed by atoms with Crippen LogP contribution in [0.5, 0.6) is 5.75 Å². The van der Waals surface area contributed by atoms with Crippen LogP contribution in [0.15, 0.2) is 18.2 Å². The van der Waals surface area contributed by atoms with Gasteiger partial charge in [-0.15, -0.1) is 0 Å². The lowest BCUT2D eigenvalue weighted by Crippen LogP contribution is -2.13. The van der Waals surface area contributed by atoms with Gasteiger partial charge in [-0.3, -0.25) is 0 Å². The Kier molecular flexibility index (Phi) is 5.55. The summed E-state index contributed by atoms with van der Waals surface area (Å²) in [4.78, 5) is 0. The second-order valence-electron chi connectivity index (χ2n) is 3.87. The smallest absolute Gasteiger partial charge is 0.165 e. The van der Waals surface area contributed by atoms with Crippen LogP contribution in [-0.2, 0) is 16.4 Å². The monoisotopic (exact) mass is 275 g/mol. The van der Waals surface area contributed by atoms with E-state index in [-0.39, 0.29) is 30.4 Å². The molecule has 0 amide bonds. The van der Waals surface area contributed by atoms with Crippen LogP contribution in [0.4, 0.5) is 4.39 Å². The molecule has 0 atom stereocenters. The molecule has 2 N–H and O–H groups in total. The maximum absolute atomic E-state index is 13.5. The zero-order valence-electron chi connectivity index (χ0n) is 10.4. The molecular formula is C12H18FNO3S. The minimum atomic E-state index is -3.00. The van der Waals surface area contributed by atoms with E-state index in [1.807, 2.05) is 0 Å². The van der Waals surface area contributed by atoms with Gasteiger partial charge in [-0.25, -0.2) is 12.8 Å². The van der Waals surface area contributed by atoms with Crippen LogP contribution in [0.2, 0.25) is 0 Å². The molecule has 102 valence electrons. The third-order valence-corrected chi connectivity index (χ3v) is 4.34. The number of hydrogen-bond acceptors (Lipinski definition) is 4. The third kappa shape index (κ3) is 4.27. The van der Waals surface area contributed by atoms with Crippen molar-refractivity contribution in [3.05, 3.63) is 29.6 Å². The van der Waals surface area contributed by atoms with Crippen molar-refractivity contribution in [2.45, 2.75) is 19.9 Å². The summed E-state index contributed by atoms with van der Waals surface area (Å²) in [7, 11) is -3.00. The first-order valence-corrected chi connectivity index (χ1v) is 7.63. The molecular weight excluding hydrogens is 257 g/mol. The van der Waals surface area contributed by atoms with Crippen molar-refractivity contribution >= 4 is 9.84 Å². The number of halogens is 1. The highest BCUT2D eigenvalue weighted by Gasteiger charge is 2.10. The Morgan fingerprint density at radius 3 is 2.72 bits per heavy atom. The highest BCUT2D eigenvalue weighted by molar-refractivity contribution is 7.91. The largest absolute Gasteiger partial charge is 0.490 e. The summed E-state index contributed by atoms with van der Waals surface area (Å²) in [6.45, 7) is 1.94. The third-order valence-electron chi connectivity index (χ3n) is 2.55. The fourth-order valence-corrected chi connectivity index (χ4v) is 2.32. The van der Waals surface area contributed by atoms with Crippen LogP contribution in [0, 0.1) is 5.82 Å². The van der Waals surface area contributed by atoms with E-state index in [1.54, 1.807) is 19.1 Å². The maximum atomic E-state index is 13.5. The number of para-hydroxylation sites is 1. The number of benzene rings is 1. The van der Waals surface area contributed by atoms with E-state index in [0.717, 1.165) is 0 Å². The number of nitrogens with two attached hydrogens (primary N) is 1. The summed E-state index contributed by atoms with van der Waals surface area (Å²) in [5.74, 6) is -0.193. The molecule has 0 aliphatic heterocycles. The summed E-state index contributed by atoms with van der Waals surface area (Å²) < 4.78 is 41.2. The summed E-state index contributed by atoms with van der Waals surface area (Å²) in [5.41, 5.74) is 6.05. The van der Waals surface area contributed by atoms with Gasteiger partial charge in [0.25, 0.3) is 0 Å². The SMILES string of the molecule is CCS(=O)(=O)CCCOc1c(F)cccc1CN. The molecule has 4 nitrogen and oxygen atoms in total. The van der Waals surface area contributed by atoms with Crippen molar-refractivity contribution in [1.82, 2.24) is 0 Å². The lowest BCUT2D eigenvalue weighted by molar-refractivity contribution is 0.298. The molecule has 0 bridgehead atoms. The van der Waals surface area contributed by atoms with Crippen LogP contribution >= 0.6 is 0 Å². The van der Waals surface area contributed by atoms with Gasteiger partial charge in [0.1, 0.15) is 9.84 Å². The topological polar surface area (TPSA) is 69.4 Å². The Morgan fingerprint density at radius 2 is 2.11 bits per heavy atom. The molecule has 0 radical (unpaired) electrons. The first-order valence-electron chi connectivity index (χ1n) is 5.81. The molecule has 0 saturated heterocycles. The fraction of sp³-hybridized carbons (Fsp3) is 0.500. The number of sulfone groups is 1. The normalized spacial score (nSPS) is 11.5. The predicted octanol–water partition coefficient (Wildman–Crippen LogP) is 1.49. The van der Waals surface area contributed by atoms with Crippen LogP contribution in [0.3, 0.4) is 0 Å². The Morgan fingerprint density at radius 1 is 1.39 bits per heavy atom. The van der Waals surface area contributed by atoms with Gasteiger partial charge in [-0.1, -0.05) is 19.1 Å². The Hall–Kier alpha value is -1.14. The van der Waals surface area contributed by atoms with Gasteiger partial charge >= 0.3 is 0 Å². The average Bonchev–Trinajstić information content (AvgIpc) is 2.36. The van der Waals surface area contributed by atoms with Crippen LogP contribution in [0.25, 0.3) is 0 Å². The van der Waals surface area contributed by atoms with E-state index in [9.17, 15) is 12.8 Å². The van der Waals surface area contributed by atoms with Gasteiger partial charge in [-0.2, -0.15) is 0 Å². The molecule has 1 aromatic rings. The molecule has 0 fully saturated rings. The minimum Gasteiger partial charge on any atom is -0.490 e. The zero-order chi connectivity index (χ0) is 13.6. The summed E-state index contributed by atoms with van der Waals surface area (Å²) in [6.07, 6.45) is 0.342. The zero-order valence-corrected chi connectivity index (χ0v) is 11.2. The highest BCUT2D eigenvalue weighted by atomic mass is 32.2. The van der Waals surface area contributed by atoms with Crippen LogP contribution < -0.4 is 10.5 Å². The number of ether oxygens (including phenoxy) is 1. The van der Waals surface area contributed by atoms with Gasteiger partial charge < -0.3 is 10.5 Å². The van der Waals surface area contributed by atoms with Crippen molar-refractivity contribution < 1.29 is 17.5 Å². The van der Waals surface area contributed by atoms with E-state index in [0.29, 0.717) is 12.0 Å². The second kappa shape index (κ2) is 6.70. The van der Waals surface area contributed by atoms with E-state index >= 15 is 0 Å². The molecule has 0 aliphatic carbocycles. The Labute approximate surface area is 107 Å². The molecule has 0 aliphatic rings. The Balaban J connectivity index is 2.54. The van der Waals surface area contributed by atoms with Gasteiger partial charge in [0, 0.05) is 17.9 Å². The molecule has 0 saturated carbocycles. The molecule has 0 aromatic heterocycles. The minimum absolute atomic E-state index is 0.0515. The molecule has 0 unspecified atom stereocenters. The summed E-state index contributed by atoms with van der Waals surface area (Å²) in [5, 5.41) is 0. The first kappa shape index (κ1) is 14.9. The first-order chi connectivity index (χ1) is 8.50. The van der Waals surface area contributed by atoms with Crippen molar-refractivity contribution in [3.63, 3.8) is 0 Å². The van der Waals surface area contributed by atoms with Gasteiger partial charge in [-0.05, 0) is 12.5 Å². The van der Waals surface area contributed by atoms with E-state index in [2.05, 4.69) is 0 Å². The van der Waals surface area contributed by atoms with Gasteiger partial charge in [0.2, 0.25) is 0 Å². The van der Waals surface area contributed by atoms with E-state index in [1.165, 1.54) is 6.07 Å². The Bertz CT molecular complexity index is 488. The lowest BCUT2D eigenvalue weighted by Gasteiger charge is -2.11. The van der Waals surface area contributed by atoms with Crippen molar-refractivity contribution in [2.75, 3.05) is 18.1 Å². The van der Waals surface area contributed by atoms with Gasteiger partial charge in [0.15, 0.2) is 11.6 Å². The average molecular weight is 275 g/mol. The summed E-state index contributed by atoms with van der Waals surface area (Å²) >= 11 is 0. The van der Waals surface area contributed by atoms with E-state index in [4.69, 9.17) is 10.5 Å². The molecule has 1 rings (SSSR count). The quantitative estimate of drug-likeness (QED) is 0.765. The van der Waals surface area contributed by atoms with E-state index < -0.39 is 15.7 Å². The second-order valence-corrected chi connectivity index (χ2v) is 6.34. The fourth-order valence-electron chi connectivity index (χ4n) is 1.47. The predicted molar refractivity (Wildman–Crippen MR) is 68.7 cm³/mol.